The molecule has 0 aromatic rings. The smallest absolute Gasteiger partial charge is 0.0224 e. The molecule has 3 heterocycles. The van der Waals surface area contributed by atoms with Gasteiger partial charge in [-0.2, -0.15) is 0 Å². The maximum absolute atomic E-state index is 3.56. The highest BCUT2D eigenvalue weighted by Crippen LogP contribution is 2.23. The zero-order chi connectivity index (χ0) is 7.84. The summed E-state index contributed by atoms with van der Waals surface area (Å²) in [5.41, 5.74) is 0. The van der Waals surface area contributed by atoms with Gasteiger partial charge in [-0.05, 0) is 26.7 Å². The molecule has 0 spiro atoms. The molecule has 0 aromatic carbocycles. The molecule has 3 aliphatic heterocycles. The van der Waals surface area contributed by atoms with Gasteiger partial charge < -0.3 is 5.32 Å². The lowest BCUT2D eigenvalue weighted by Gasteiger charge is -2.47. The summed E-state index contributed by atoms with van der Waals surface area (Å²) in [6.45, 7) is 7.12. The number of rotatable bonds is 1. The fourth-order valence-corrected chi connectivity index (χ4v) is 2.38. The average molecular weight is 156 g/mol. The summed E-state index contributed by atoms with van der Waals surface area (Å²) < 4.78 is 0. The van der Waals surface area contributed by atoms with Crippen molar-refractivity contribution in [2.45, 2.75) is 44.8 Å². The number of piperazine rings is 1. The molecule has 2 heteroatoms. The van der Waals surface area contributed by atoms with Gasteiger partial charge in [0.2, 0.25) is 0 Å². The van der Waals surface area contributed by atoms with Crippen LogP contribution in [0.15, 0.2) is 0 Å². The number of nitrogens with zero attached hydrogens (tertiary/aromatic N) is 1. The van der Waals surface area contributed by atoms with E-state index in [1.54, 1.807) is 0 Å². The molecule has 0 radical (unpaired) electrons. The maximum atomic E-state index is 3.56. The van der Waals surface area contributed by atoms with E-state index >= 15 is 0 Å². The fourth-order valence-electron chi connectivity index (χ4n) is 2.38. The lowest BCUT2D eigenvalue weighted by molar-refractivity contribution is 0.0490. The summed E-state index contributed by atoms with van der Waals surface area (Å²) in [5, 5.41) is 3.56. The number of piperidine rings is 2. The summed E-state index contributed by atoms with van der Waals surface area (Å²) in [6, 6.07) is 2.37. The minimum Gasteiger partial charge on any atom is -0.311 e. The van der Waals surface area contributed by atoms with Gasteiger partial charge in [0.05, 0.1) is 0 Å². The predicted octanol–water partition coefficient (Wildman–Crippen LogP) is 1.08. The summed E-state index contributed by atoms with van der Waals surface area (Å²) in [4.78, 5) is 2.64. The molecule has 0 saturated carbocycles. The Kier molecular flexibility index (Phi) is 1.90. The van der Waals surface area contributed by atoms with Crippen molar-refractivity contribution in [3.63, 3.8) is 0 Å². The number of fused-ring (bicyclic) bond motifs is 3. The second kappa shape index (κ2) is 2.76. The van der Waals surface area contributed by atoms with Gasteiger partial charge in [-0.15, -0.1) is 0 Å². The Morgan fingerprint density at radius 3 is 2.55 bits per heavy atom. The molecular formula is C9H20N2. The standard InChI is InChI=1S/C9H18N2.H2/c1-7(2)11-6-8-3-4-9(11)5-10-8;/h7-10H,3-6H2,1-2H3;1H. The first-order valence-electron chi connectivity index (χ1n) is 4.76. The van der Waals surface area contributed by atoms with Gasteiger partial charge in [-0.1, -0.05) is 0 Å². The molecule has 3 saturated heterocycles. The Balaban J connectivity index is 0.000000720. The third-order valence-electron chi connectivity index (χ3n) is 3.05. The van der Waals surface area contributed by atoms with Gasteiger partial charge in [0.1, 0.15) is 0 Å². The van der Waals surface area contributed by atoms with Crippen molar-refractivity contribution in [3.05, 3.63) is 0 Å². The molecule has 3 aliphatic rings. The minimum absolute atomic E-state index is 0. The molecule has 2 nitrogen and oxygen atoms in total. The van der Waals surface area contributed by atoms with Crippen molar-refractivity contribution in [3.8, 4) is 0 Å². The summed E-state index contributed by atoms with van der Waals surface area (Å²) in [7, 11) is 0. The zero-order valence-corrected chi connectivity index (χ0v) is 7.51. The van der Waals surface area contributed by atoms with Gasteiger partial charge in [0.25, 0.3) is 0 Å². The van der Waals surface area contributed by atoms with Crippen LogP contribution in [0.4, 0.5) is 0 Å². The van der Waals surface area contributed by atoms with Crippen LogP contribution in [0.3, 0.4) is 0 Å². The Morgan fingerprint density at radius 2 is 2.27 bits per heavy atom. The van der Waals surface area contributed by atoms with Gasteiger partial charge in [0, 0.05) is 32.6 Å². The van der Waals surface area contributed by atoms with E-state index in [1.807, 2.05) is 0 Å². The molecule has 11 heavy (non-hydrogen) atoms. The van der Waals surface area contributed by atoms with E-state index in [2.05, 4.69) is 24.1 Å². The van der Waals surface area contributed by atoms with Crippen LogP contribution >= 0.6 is 0 Å². The van der Waals surface area contributed by atoms with E-state index in [1.165, 1.54) is 25.9 Å². The van der Waals surface area contributed by atoms with Crippen molar-refractivity contribution < 1.29 is 1.43 Å². The minimum atomic E-state index is 0. The highest BCUT2D eigenvalue weighted by Gasteiger charge is 2.34. The molecule has 2 atom stereocenters. The van der Waals surface area contributed by atoms with E-state index in [9.17, 15) is 0 Å². The van der Waals surface area contributed by atoms with Gasteiger partial charge in [-0.3, -0.25) is 4.90 Å². The molecule has 1 N–H and O–H groups in total. The Hall–Kier alpha value is -0.0800. The van der Waals surface area contributed by atoms with Crippen LogP contribution in [0.25, 0.3) is 0 Å². The van der Waals surface area contributed by atoms with Gasteiger partial charge in [0.15, 0.2) is 0 Å². The van der Waals surface area contributed by atoms with Gasteiger partial charge >= 0.3 is 0 Å². The Labute approximate surface area is 70.4 Å². The van der Waals surface area contributed by atoms with Crippen molar-refractivity contribution in [2.24, 2.45) is 0 Å². The number of hydrogen-bond donors (Lipinski definition) is 1. The molecule has 0 aromatic heterocycles. The van der Waals surface area contributed by atoms with Crippen LogP contribution in [0, 0.1) is 0 Å². The molecular weight excluding hydrogens is 136 g/mol. The quantitative estimate of drug-likeness (QED) is 0.611. The topological polar surface area (TPSA) is 15.3 Å². The monoisotopic (exact) mass is 156 g/mol. The molecule has 2 bridgehead atoms. The predicted molar refractivity (Wildman–Crippen MR) is 48.8 cm³/mol. The van der Waals surface area contributed by atoms with Crippen LogP contribution in [0.2, 0.25) is 0 Å². The first kappa shape index (κ1) is 7.56. The van der Waals surface area contributed by atoms with Crippen molar-refractivity contribution >= 4 is 0 Å². The number of hydrogen-bond acceptors (Lipinski definition) is 2. The summed E-state index contributed by atoms with van der Waals surface area (Å²) >= 11 is 0. The van der Waals surface area contributed by atoms with Crippen LogP contribution in [0.5, 0.6) is 0 Å². The van der Waals surface area contributed by atoms with E-state index < -0.39 is 0 Å². The molecule has 3 rings (SSSR count). The Bertz CT molecular complexity index is 141. The van der Waals surface area contributed by atoms with Crippen molar-refractivity contribution in [2.75, 3.05) is 13.1 Å². The van der Waals surface area contributed by atoms with Crippen LogP contribution < -0.4 is 5.32 Å². The molecule has 0 amide bonds. The third kappa shape index (κ3) is 1.30. The highest BCUT2D eigenvalue weighted by atomic mass is 15.3. The molecule has 2 unspecified atom stereocenters. The second-order valence-electron chi connectivity index (χ2n) is 4.13. The fraction of sp³-hybridized carbons (Fsp3) is 1.00. The maximum Gasteiger partial charge on any atom is 0.0224 e. The first-order chi connectivity index (χ1) is 5.27. The van der Waals surface area contributed by atoms with Crippen molar-refractivity contribution in [1.29, 1.82) is 0 Å². The molecule has 0 aliphatic carbocycles. The van der Waals surface area contributed by atoms with Gasteiger partial charge in [-0.25, -0.2) is 0 Å². The normalized spacial score (nSPS) is 38.5. The zero-order valence-electron chi connectivity index (χ0n) is 7.51. The van der Waals surface area contributed by atoms with E-state index in [0.29, 0.717) is 0 Å². The van der Waals surface area contributed by atoms with E-state index in [0.717, 1.165) is 18.1 Å². The average Bonchev–Trinajstić information content (AvgIpc) is 2.06. The Morgan fingerprint density at radius 1 is 1.45 bits per heavy atom. The summed E-state index contributed by atoms with van der Waals surface area (Å²) in [5.74, 6) is 0. The van der Waals surface area contributed by atoms with E-state index in [4.69, 9.17) is 0 Å². The SMILES string of the molecule is CC(C)N1CC2CCC1CN2.[HH]. The lowest BCUT2D eigenvalue weighted by atomic mass is 9.92. The largest absolute Gasteiger partial charge is 0.311 e. The third-order valence-corrected chi connectivity index (χ3v) is 3.05. The number of nitrogens with one attached hydrogen (secondary N) is 1. The van der Waals surface area contributed by atoms with Crippen LogP contribution in [-0.4, -0.2) is 36.1 Å². The second-order valence-corrected chi connectivity index (χ2v) is 4.13. The van der Waals surface area contributed by atoms with Crippen LogP contribution in [0.1, 0.15) is 28.1 Å². The first-order valence-corrected chi connectivity index (χ1v) is 4.76. The molecule has 3 fully saturated rings. The highest BCUT2D eigenvalue weighted by molar-refractivity contribution is 4.93. The summed E-state index contributed by atoms with van der Waals surface area (Å²) in [6.07, 6.45) is 2.81. The molecule has 66 valence electrons. The van der Waals surface area contributed by atoms with Crippen molar-refractivity contribution in [1.82, 2.24) is 10.2 Å². The lowest BCUT2D eigenvalue weighted by Crippen LogP contribution is -2.62. The van der Waals surface area contributed by atoms with Crippen LogP contribution in [-0.2, 0) is 0 Å². The van der Waals surface area contributed by atoms with E-state index in [-0.39, 0.29) is 1.43 Å².